The Kier molecular flexibility index (Phi) is 2.59. The minimum Gasteiger partial charge on any atom is -0.0984 e. The smallest absolute Gasteiger partial charge is 0.0111 e. The number of hydrogen-bond acceptors (Lipinski definition) is 0. The molecule has 0 unspecified atom stereocenters. The lowest BCUT2D eigenvalue weighted by Gasteiger charge is -2.08. The maximum atomic E-state index is 3.84. The van der Waals surface area contributed by atoms with Crippen LogP contribution in [0.1, 0.15) is 30.9 Å². The summed E-state index contributed by atoms with van der Waals surface area (Å²) < 4.78 is 0. The van der Waals surface area contributed by atoms with E-state index in [4.69, 9.17) is 0 Å². The van der Waals surface area contributed by atoms with E-state index in [0.717, 1.165) is 0 Å². The molecule has 0 radical (unpaired) electrons. The molecule has 0 heterocycles. The van der Waals surface area contributed by atoms with Crippen molar-refractivity contribution in [2.75, 3.05) is 0 Å². The molecule has 0 aliphatic heterocycles. The zero-order chi connectivity index (χ0) is 10.8. The van der Waals surface area contributed by atoms with Gasteiger partial charge < -0.3 is 0 Å². The van der Waals surface area contributed by atoms with Gasteiger partial charge in [-0.25, -0.2) is 0 Å². The summed E-state index contributed by atoms with van der Waals surface area (Å²) in [5.74, 6) is 0.585. The van der Waals surface area contributed by atoms with Gasteiger partial charge in [-0.2, -0.15) is 0 Å². The molecule has 15 heavy (non-hydrogen) atoms. The first-order valence-electron chi connectivity index (χ1n) is 5.37. The Balaban J connectivity index is 2.69. The number of rotatable bonds is 2. The number of hydrogen-bond donors (Lipinski definition) is 0. The lowest BCUT2D eigenvalue weighted by atomic mass is 9.97. The highest BCUT2D eigenvalue weighted by molar-refractivity contribution is 5.90. The lowest BCUT2D eigenvalue weighted by Crippen LogP contribution is -1.87. The maximum absolute atomic E-state index is 3.84. The first-order valence-corrected chi connectivity index (χ1v) is 5.37. The Bertz CT molecular complexity index is 492. The van der Waals surface area contributed by atoms with Crippen LogP contribution < -0.4 is 0 Å². The van der Waals surface area contributed by atoms with Crippen molar-refractivity contribution in [3.05, 3.63) is 54.1 Å². The number of fused-ring (bicyclic) bond motifs is 1. The molecule has 0 aliphatic rings. The van der Waals surface area contributed by atoms with Crippen molar-refractivity contribution in [1.82, 2.24) is 0 Å². The molecule has 0 saturated carbocycles. The van der Waals surface area contributed by atoms with E-state index >= 15 is 0 Å². The minimum atomic E-state index is 0.585. The largest absolute Gasteiger partial charge is 0.0984 e. The molecule has 0 amide bonds. The van der Waals surface area contributed by atoms with Crippen LogP contribution in [0.2, 0.25) is 0 Å². The molecule has 0 N–H and O–H groups in total. The van der Waals surface area contributed by atoms with Crippen LogP contribution in [-0.2, 0) is 0 Å². The van der Waals surface area contributed by atoms with E-state index in [1.807, 2.05) is 6.08 Å². The Morgan fingerprint density at radius 1 is 1.13 bits per heavy atom. The van der Waals surface area contributed by atoms with Crippen LogP contribution in [0.3, 0.4) is 0 Å². The van der Waals surface area contributed by atoms with Crippen molar-refractivity contribution >= 4 is 16.8 Å². The zero-order valence-corrected chi connectivity index (χ0v) is 9.33. The van der Waals surface area contributed by atoms with E-state index in [1.54, 1.807) is 0 Å². The highest BCUT2D eigenvalue weighted by Crippen LogP contribution is 2.24. The summed E-state index contributed by atoms with van der Waals surface area (Å²) in [5.41, 5.74) is 2.60. The third-order valence-corrected chi connectivity index (χ3v) is 2.82. The van der Waals surface area contributed by atoms with Gasteiger partial charge in [0.2, 0.25) is 0 Å². The Labute approximate surface area is 91.2 Å². The van der Waals surface area contributed by atoms with E-state index in [1.165, 1.54) is 21.9 Å². The molecular formula is C15H16. The average Bonchev–Trinajstić information content (AvgIpc) is 2.27. The first-order chi connectivity index (χ1) is 7.22. The molecule has 0 aromatic heterocycles. The lowest BCUT2D eigenvalue weighted by molar-refractivity contribution is 0.869. The topological polar surface area (TPSA) is 0 Å². The fourth-order valence-corrected chi connectivity index (χ4v) is 1.86. The Morgan fingerprint density at radius 3 is 2.60 bits per heavy atom. The van der Waals surface area contributed by atoms with E-state index in [0.29, 0.717) is 5.92 Å². The van der Waals surface area contributed by atoms with Gasteiger partial charge in [0.15, 0.2) is 0 Å². The fourth-order valence-electron chi connectivity index (χ4n) is 1.86. The molecule has 0 nitrogen and oxygen atoms in total. The molecule has 0 saturated heterocycles. The third-order valence-electron chi connectivity index (χ3n) is 2.82. The van der Waals surface area contributed by atoms with Gasteiger partial charge in [-0.1, -0.05) is 62.9 Å². The van der Waals surface area contributed by atoms with Gasteiger partial charge in [0, 0.05) is 0 Å². The molecule has 0 fully saturated rings. The van der Waals surface area contributed by atoms with Crippen molar-refractivity contribution in [3.8, 4) is 0 Å². The van der Waals surface area contributed by atoms with Crippen LogP contribution in [0, 0.1) is 0 Å². The van der Waals surface area contributed by atoms with Crippen molar-refractivity contribution in [2.45, 2.75) is 19.8 Å². The highest BCUT2D eigenvalue weighted by atomic mass is 14.1. The quantitative estimate of drug-likeness (QED) is 0.658. The molecule has 2 aromatic rings. The molecule has 0 heteroatoms. The second-order valence-electron chi connectivity index (χ2n) is 4.19. The van der Waals surface area contributed by atoms with Crippen LogP contribution in [0.4, 0.5) is 0 Å². The van der Waals surface area contributed by atoms with Crippen LogP contribution in [0.5, 0.6) is 0 Å². The normalized spacial score (nSPS) is 10.9. The summed E-state index contributed by atoms with van der Waals surface area (Å²) in [6.07, 6.45) is 1.91. The van der Waals surface area contributed by atoms with Crippen molar-refractivity contribution < 1.29 is 0 Å². The van der Waals surface area contributed by atoms with Gasteiger partial charge in [0.25, 0.3) is 0 Å². The zero-order valence-electron chi connectivity index (χ0n) is 9.33. The van der Waals surface area contributed by atoms with Gasteiger partial charge in [0.05, 0.1) is 0 Å². The molecule has 0 bridgehead atoms. The molecule has 2 aromatic carbocycles. The Hall–Kier alpha value is -1.56. The molecular weight excluding hydrogens is 180 g/mol. The summed E-state index contributed by atoms with van der Waals surface area (Å²) in [6, 6.07) is 13.0. The monoisotopic (exact) mass is 196 g/mol. The third kappa shape index (κ3) is 1.80. The van der Waals surface area contributed by atoms with Gasteiger partial charge >= 0.3 is 0 Å². The predicted molar refractivity (Wildman–Crippen MR) is 68.1 cm³/mol. The average molecular weight is 196 g/mol. The summed E-state index contributed by atoms with van der Waals surface area (Å²) in [5, 5.41) is 2.59. The van der Waals surface area contributed by atoms with Gasteiger partial charge in [-0.05, 0) is 27.8 Å². The molecule has 0 atom stereocenters. The highest BCUT2D eigenvalue weighted by Gasteiger charge is 2.02. The number of benzene rings is 2. The summed E-state index contributed by atoms with van der Waals surface area (Å²) in [7, 11) is 0. The summed E-state index contributed by atoms with van der Waals surface area (Å²) >= 11 is 0. The Morgan fingerprint density at radius 2 is 1.93 bits per heavy atom. The summed E-state index contributed by atoms with van der Waals surface area (Å²) in [6.45, 7) is 8.28. The van der Waals surface area contributed by atoms with Gasteiger partial charge in [-0.15, -0.1) is 0 Å². The van der Waals surface area contributed by atoms with Crippen LogP contribution >= 0.6 is 0 Å². The van der Waals surface area contributed by atoms with E-state index in [-0.39, 0.29) is 0 Å². The molecule has 0 spiro atoms. The fraction of sp³-hybridized carbons (Fsp3) is 0.200. The van der Waals surface area contributed by atoms with Crippen LogP contribution in [-0.4, -0.2) is 0 Å². The maximum Gasteiger partial charge on any atom is -0.0111 e. The van der Waals surface area contributed by atoms with Crippen LogP contribution in [0.15, 0.2) is 43.0 Å². The van der Waals surface area contributed by atoms with Crippen molar-refractivity contribution in [2.24, 2.45) is 0 Å². The second kappa shape index (κ2) is 3.90. The van der Waals surface area contributed by atoms with Crippen molar-refractivity contribution in [1.29, 1.82) is 0 Å². The first kappa shape index (κ1) is 9.97. The standard InChI is InChI=1S/C15H16/c1-4-12-6-5-7-14-10-13(11(2)3)8-9-15(12)14/h4-11H,1H2,2-3H3. The van der Waals surface area contributed by atoms with E-state index in [9.17, 15) is 0 Å². The molecule has 2 rings (SSSR count). The van der Waals surface area contributed by atoms with E-state index < -0.39 is 0 Å². The SMILES string of the molecule is C=Cc1cccc2cc(C(C)C)ccc12. The van der Waals surface area contributed by atoms with Crippen LogP contribution in [0.25, 0.3) is 16.8 Å². The van der Waals surface area contributed by atoms with E-state index in [2.05, 4.69) is 56.8 Å². The second-order valence-corrected chi connectivity index (χ2v) is 4.19. The minimum absolute atomic E-state index is 0.585. The van der Waals surface area contributed by atoms with Crippen molar-refractivity contribution in [3.63, 3.8) is 0 Å². The van der Waals surface area contributed by atoms with Gasteiger partial charge in [-0.3, -0.25) is 0 Å². The predicted octanol–water partition coefficient (Wildman–Crippen LogP) is 4.61. The molecule has 0 aliphatic carbocycles. The summed E-state index contributed by atoms with van der Waals surface area (Å²) in [4.78, 5) is 0. The van der Waals surface area contributed by atoms with Gasteiger partial charge in [0.1, 0.15) is 0 Å². The molecule has 76 valence electrons.